The number of hydrogen-bond acceptors (Lipinski definition) is 5. The van der Waals surface area contributed by atoms with Gasteiger partial charge in [0, 0.05) is 25.2 Å². The van der Waals surface area contributed by atoms with Crippen LogP contribution in [0.15, 0.2) is 29.2 Å². The van der Waals surface area contributed by atoms with E-state index in [1.165, 1.54) is 28.6 Å². The Morgan fingerprint density at radius 2 is 2.00 bits per heavy atom. The number of benzene rings is 1. The summed E-state index contributed by atoms with van der Waals surface area (Å²) in [4.78, 5) is 12.0. The van der Waals surface area contributed by atoms with Crippen molar-refractivity contribution in [2.45, 2.75) is 31.0 Å². The fourth-order valence-corrected chi connectivity index (χ4v) is 4.18. The molecule has 0 aromatic heterocycles. The van der Waals surface area contributed by atoms with Crippen LogP contribution in [0.3, 0.4) is 0 Å². The molecule has 1 fully saturated rings. The van der Waals surface area contributed by atoms with Crippen LogP contribution in [0.5, 0.6) is 0 Å². The van der Waals surface area contributed by atoms with E-state index >= 15 is 0 Å². The molecule has 1 heterocycles. The highest BCUT2D eigenvalue weighted by Crippen LogP contribution is 2.21. The topological polar surface area (TPSA) is 95.9 Å². The van der Waals surface area contributed by atoms with E-state index < -0.39 is 15.9 Å². The molecule has 0 saturated carbocycles. The van der Waals surface area contributed by atoms with Crippen LogP contribution in [0.1, 0.15) is 24.2 Å². The zero-order valence-electron chi connectivity index (χ0n) is 13.2. The van der Waals surface area contributed by atoms with Crippen LogP contribution < -0.4 is 5.32 Å². The van der Waals surface area contributed by atoms with Gasteiger partial charge in [0.05, 0.1) is 23.7 Å². The Morgan fingerprint density at radius 3 is 2.61 bits per heavy atom. The number of carbonyl (C=O) groups is 1. The smallest absolute Gasteiger partial charge is 0.251 e. The van der Waals surface area contributed by atoms with Gasteiger partial charge in [-0.2, -0.15) is 4.31 Å². The number of aliphatic hydroxyl groups is 1. The predicted molar refractivity (Wildman–Crippen MR) is 84.6 cm³/mol. The van der Waals surface area contributed by atoms with Gasteiger partial charge in [-0.15, -0.1) is 0 Å². The van der Waals surface area contributed by atoms with E-state index in [4.69, 9.17) is 9.84 Å². The Balaban J connectivity index is 2.24. The summed E-state index contributed by atoms with van der Waals surface area (Å²) in [7, 11) is -3.68. The summed E-state index contributed by atoms with van der Waals surface area (Å²) in [5, 5.41) is 11.2. The fraction of sp³-hybridized carbons (Fsp3) is 0.533. The molecule has 2 atom stereocenters. The molecule has 23 heavy (non-hydrogen) atoms. The molecule has 7 nitrogen and oxygen atoms in total. The molecule has 0 radical (unpaired) electrons. The van der Waals surface area contributed by atoms with Gasteiger partial charge in [-0.05, 0) is 32.0 Å². The van der Waals surface area contributed by atoms with E-state index in [-0.39, 0.29) is 48.9 Å². The number of aliphatic hydroxyl groups excluding tert-OH is 1. The van der Waals surface area contributed by atoms with Crippen LogP contribution in [0.2, 0.25) is 0 Å². The molecule has 0 bridgehead atoms. The van der Waals surface area contributed by atoms with Crippen molar-refractivity contribution in [3.63, 3.8) is 0 Å². The molecule has 2 N–H and O–H groups in total. The van der Waals surface area contributed by atoms with Gasteiger partial charge in [-0.1, -0.05) is 6.07 Å². The van der Waals surface area contributed by atoms with E-state index in [9.17, 15) is 13.2 Å². The molecule has 2 rings (SSSR count). The Bertz CT molecular complexity index is 652. The van der Waals surface area contributed by atoms with Gasteiger partial charge >= 0.3 is 0 Å². The summed E-state index contributed by atoms with van der Waals surface area (Å²) in [6.07, 6.45) is -0.353. The van der Waals surface area contributed by atoms with Gasteiger partial charge in [-0.3, -0.25) is 4.79 Å². The van der Waals surface area contributed by atoms with E-state index in [1.54, 1.807) is 0 Å². The Morgan fingerprint density at radius 1 is 1.35 bits per heavy atom. The molecule has 128 valence electrons. The lowest BCUT2D eigenvalue weighted by molar-refractivity contribution is -0.0440. The first-order valence-electron chi connectivity index (χ1n) is 7.49. The number of nitrogens with zero attached hydrogens (tertiary/aromatic N) is 1. The maximum absolute atomic E-state index is 12.8. The van der Waals surface area contributed by atoms with E-state index in [0.29, 0.717) is 0 Å². The number of amides is 1. The van der Waals surface area contributed by atoms with Crippen molar-refractivity contribution in [1.82, 2.24) is 9.62 Å². The minimum Gasteiger partial charge on any atom is -0.395 e. The van der Waals surface area contributed by atoms with Crippen molar-refractivity contribution in [1.29, 1.82) is 0 Å². The lowest BCUT2D eigenvalue weighted by atomic mass is 10.2. The van der Waals surface area contributed by atoms with Crippen molar-refractivity contribution >= 4 is 15.9 Å². The monoisotopic (exact) mass is 342 g/mol. The van der Waals surface area contributed by atoms with Crippen molar-refractivity contribution in [2.24, 2.45) is 0 Å². The summed E-state index contributed by atoms with van der Waals surface area (Å²) < 4.78 is 32.5. The van der Waals surface area contributed by atoms with Gasteiger partial charge in [0.25, 0.3) is 5.91 Å². The molecular weight excluding hydrogens is 320 g/mol. The van der Waals surface area contributed by atoms with Crippen molar-refractivity contribution < 1.29 is 23.1 Å². The highest BCUT2D eigenvalue weighted by atomic mass is 32.2. The highest BCUT2D eigenvalue weighted by Gasteiger charge is 2.32. The largest absolute Gasteiger partial charge is 0.395 e. The zero-order chi connectivity index (χ0) is 17.0. The quantitative estimate of drug-likeness (QED) is 0.797. The van der Waals surface area contributed by atoms with Crippen LogP contribution in [0.25, 0.3) is 0 Å². The van der Waals surface area contributed by atoms with Crippen LogP contribution >= 0.6 is 0 Å². The fourth-order valence-electron chi connectivity index (χ4n) is 2.55. The number of hydrogen-bond donors (Lipinski definition) is 2. The van der Waals surface area contributed by atoms with E-state index in [0.717, 1.165) is 0 Å². The number of nitrogens with one attached hydrogen (secondary N) is 1. The lowest BCUT2D eigenvalue weighted by Crippen LogP contribution is -2.48. The first kappa shape index (κ1) is 17.9. The second kappa shape index (κ2) is 7.39. The first-order valence-corrected chi connectivity index (χ1v) is 8.93. The van der Waals surface area contributed by atoms with Crippen LogP contribution in [-0.4, -0.2) is 62.2 Å². The first-order chi connectivity index (χ1) is 10.8. The molecule has 0 unspecified atom stereocenters. The molecule has 1 amide bonds. The van der Waals surface area contributed by atoms with Crippen molar-refractivity contribution in [3.05, 3.63) is 29.8 Å². The molecule has 0 aliphatic carbocycles. The van der Waals surface area contributed by atoms with E-state index in [2.05, 4.69) is 5.32 Å². The SMILES string of the molecule is C[C@H]1CN(S(=O)(=O)c2cccc(C(=O)NCCO)c2)C[C@H](C)O1. The second-order valence-corrected chi connectivity index (χ2v) is 7.52. The van der Waals surface area contributed by atoms with Gasteiger partial charge in [0.2, 0.25) is 10.0 Å². The number of rotatable bonds is 5. The summed E-state index contributed by atoms with van der Waals surface area (Å²) in [5.41, 5.74) is 0.244. The maximum Gasteiger partial charge on any atom is 0.251 e. The highest BCUT2D eigenvalue weighted by molar-refractivity contribution is 7.89. The molecule has 1 aliphatic heterocycles. The maximum atomic E-state index is 12.8. The normalized spacial score (nSPS) is 22.7. The summed E-state index contributed by atoms with van der Waals surface area (Å²) in [6.45, 7) is 4.18. The molecule has 1 aromatic carbocycles. The standard InChI is InChI=1S/C15H22N2O5S/c1-11-9-17(10-12(2)22-11)23(20,21)14-5-3-4-13(8-14)15(19)16-6-7-18/h3-5,8,11-12,18H,6-7,9-10H2,1-2H3,(H,16,19)/t11-,12-/m0/s1. The molecular formula is C15H22N2O5S. The van der Waals surface area contributed by atoms with Crippen molar-refractivity contribution in [2.75, 3.05) is 26.2 Å². The van der Waals surface area contributed by atoms with Crippen molar-refractivity contribution in [3.8, 4) is 0 Å². The molecule has 1 saturated heterocycles. The predicted octanol–water partition coefficient (Wildman–Crippen LogP) is 0.207. The third kappa shape index (κ3) is 4.29. The number of ether oxygens (including phenoxy) is 1. The summed E-state index contributed by atoms with van der Waals surface area (Å²) >= 11 is 0. The lowest BCUT2D eigenvalue weighted by Gasteiger charge is -2.34. The minimum absolute atomic E-state index is 0.0791. The van der Waals surface area contributed by atoms with Gasteiger partial charge < -0.3 is 15.2 Å². The Labute approximate surface area is 136 Å². The second-order valence-electron chi connectivity index (χ2n) is 5.59. The third-order valence-electron chi connectivity index (χ3n) is 3.52. The molecule has 1 aromatic rings. The molecule has 1 aliphatic rings. The molecule has 8 heteroatoms. The number of morpholine rings is 1. The van der Waals surface area contributed by atoms with Crippen LogP contribution in [0.4, 0.5) is 0 Å². The number of carbonyl (C=O) groups excluding carboxylic acids is 1. The van der Waals surface area contributed by atoms with Gasteiger partial charge in [0.1, 0.15) is 0 Å². The Kier molecular flexibility index (Phi) is 5.74. The van der Waals surface area contributed by atoms with E-state index in [1.807, 2.05) is 13.8 Å². The van der Waals surface area contributed by atoms with Gasteiger partial charge in [0.15, 0.2) is 0 Å². The van der Waals surface area contributed by atoms with Gasteiger partial charge in [-0.25, -0.2) is 8.42 Å². The summed E-state index contributed by atoms with van der Waals surface area (Å²) in [6, 6.07) is 5.90. The third-order valence-corrected chi connectivity index (χ3v) is 5.35. The van der Waals surface area contributed by atoms with Crippen LogP contribution in [-0.2, 0) is 14.8 Å². The number of sulfonamides is 1. The average molecular weight is 342 g/mol. The minimum atomic E-state index is -3.68. The van der Waals surface area contributed by atoms with Crippen LogP contribution in [0, 0.1) is 0 Å². The zero-order valence-corrected chi connectivity index (χ0v) is 14.0. The summed E-state index contributed by atoms with van der Waals surface area (Å²) in [5.74, 6) is -0.417. The molecule has 0 spiro atoms. The average Bonchev–Trinajstić information content (AvgIpc) is 2.51. The Hall–Kier alpha value is -1.48.